The number of benzene rings is 2. The van der Waals surface area contributed by atoms with Gasteiger partial charge in [0.25, 0.3) is 5.91 Å². The second-order valence-corrected chi connectivity index (χ2v) is 6.73. The van der Waals surface area contributed by atoms with Crippen LogP contribution in [0.1, 0.15) is 28.8 Å². The molecular weight excluding hydrogens is 352 g/mol. The molecule has 0 radical (unpaired) electrons. The SMILES string of the molecule is COc1cc(C(=O)NC2CCCNC2)ccc1OCc1ccc(Cl)cc1. The minimum atomic E-state index is -0.0961. The van der Waals surface area contributed by atoms with E-state index >= 15 is 0 Å². The zero-order chi connectivity index (χ0) is 18.4. The van der Waals surface area contributed by atoms with E-state index in [9.17, 15) is 4.79 Å². The molecule has 1 heterocycles. The van der Waals surface area contributed by atoms with Crippen LogP contribution in [-0.4, -0.2) is 32.1 Å². The molecule has 138 valence electrons. The van der Waals surface area contributed by atoms with E-state index in [0.717, 1.165) is 31.5 Å². The molecule has 1 saturated heterocycles. The van der Waals surface area contributed by atoms with E-state index in [1.165, 1.54) is 0 Å². The van der Waals surface area contributed by atoms with Gasteiger partial charge in [-0.25, -0.2) is 0 Å². The van der Waals surface area contributed by atoms with E-state index in [2.05, 4.69) is 10.6 Å². The molecule has 0 saturated carbocycles. The van der Waals surface area contributed by atoms with Crippen LogP contribution in [0.2, 0.25) is 5.02 Å². The van der Waals surface area contributed by atoms with Crippen LogP contribution < -0.4 is 20.1 Å². The van der Waals surface area contributed by atoms with Gasteiger partial charge < -0.3 is 20.1 Å². The molecule has 1 unspecified atom stereocenters. The van der Waals surface area contributed by atoms with Gasteiger partial charge in [-0.1, -0.05) is 23.7 Å². The van der Waals surface area contributed by atoms with Gasteiger partial charge >= 0.3 is 0 Å². The summed E-state index contributed by atoms with van der Waals surface area (Å²) in [5.74, 6) is 1.04. The minimum absolute atomic E-state index is 0.0961. The lowest BCUT2D eigenvalue weighted by Gasteiger charge is -2.24. The summed E-state index contributed by atoms with van der Waals surface area (Å²) in [5, 5.41) is 7.04. The molecule has 0 bridgehead atoms. The third-order valence-electron chi connectivity index (χ3n) is 4.37. The van der Waals surface area contributed by atoms with Crippen molar-refractivity contribution in [1.29, 1.82) is 0 Å². The Morgan fingerprint density at radius 1 is 1.23 bits per heavy atom. The molecule has 5 nitrogen and oxygen atoms in total. The first-order chi connectivity index (χ1) is 12.7. The summed E-state index contributed by atoms with van der Waals surface area (Å²) in [6.45, 7) is 2.22. The number of halogens is 1. The Hall–Kier alpha value is -2.24. The highest BCUT2D eigenvalue weighted by Crippen LogP contribution is 2.29. The van der Waals surface area contributed by atoms with Gasteiger partial charge in [0.15, 0.2) is 11.5 Å². The maximum Gasteiger partial charge on any atom is 0.251 e. The smallest absolute Gasteiger partial charge is 0.251 e. The van der Waals surface area contributed by atoms with E-state index in [1.54, 1.807) is 25.3 Å². The molecule has 0 spiro atoms. The maximum atomic E-state index is 12.5. The first kappa shape index (κ1) is 18.5. The summed E-state index contributed by atoms with van der Waals surface area (Å²) < 4.78 is 11.2. The van der Waals surface area contributed by atoms with Crippen molar-refractivity contribution in [2.75, 3.05) is 20.2 Å². The van der Waals surface area contributed by atoms with Crippen LogP contribution in [0.15, 0.2) is 42.5 Å². The first-order valence-electron chi connectivity index (χ1n) is 8.72. The molecule has 2 aromatic carbocycles. The average Bonchev–Trinajstić information content (AvgIpc) is 2.68. The molecule has 3 rings (SSSR count). The highest BCUT2D eigenvalue weighted by atomic mass is 35.5. The lowest BCUT2D eigenvalue weighted by molar-refractivity contribution is 0.0930. The van der Waals surface area contributed by atoms with E-state index in [4.69, 9.17) is 21.1 Å². The van der Waals surface area contributed by atoms with Crippen molar-refractivity contribution >= 4 is 17.5 Å². The molecule has 26 heavy (non-hydrogen) atoms. The lowest BCUT2D eigenvalue weighted by atomic mass is 10.1. The Morgan fingerprint density at radius 2 is 2.04 bits per heavy atom. The molecule has 2 aromatic rings. The van der Waals surface area contributed by atoms with Crippen molar-refractivity contribution in [1.82, 2.24) is 10.6 Å². The summed E-state index contributed by atoms with van der Waals surface area (Å²) in [6, 6.07) is 12.9. The Kier molecular flexibility index (Phi) is 6.36. The molecule has 1 fully saturated rings. The molecule has 1 atom stereocenters. The number of nitrogens with one attached hydrogen (secondary N) is 2. The Balaban J connectivity index is 1.64. The van der Waals surface area contributed by atoms with Crippen molar-refractivity contribution < 1.29 is 14.3 Å². The van der Waals surface area contributed by atoms with E-state index in [0.29, 0.717) is 28.7 Å². The molecular formula is C20H23ClN2O3. The zero-order valence-corrected chi connectivity index (χ0v) is 15.5. The van der Waals surface area contributed by atoms with Gasteiger partial charge in [-0.15, -0.1) is 0 Å². The van der Waals surface area contributed by atoms with Gasteiger partial charge in [0.1, 0.15) is 6.61 Å². The van der Waals surface area contributed by atoms with Gasteiger partial charge in [-0.3, -0.25) is 4.79 Å². The summed E-state index contributed by atoms with van der Waals surface area (Å²) in [4.78, 5) is 12.5. The van der Waals surface area contributed by atoms with Crippen LogP contribution in [0.5, 0.6) is 11.5 Å². The minimum Gasteiger partial charge on any atom is -0.493 e. The Labute approximate surface area is 158 Å². The number of ether oxygens (including phenoxy) is 2. The van der Waals surface area contributed by atoms with Gasteiger partial charge in [-0.2, -0.15) is 0 Å². The second-order valence-electron chi connectivity index (χ2n) is 6.30. The number of amides is 1. The lowest BCUT2D eigenvalue weighted by Crippen LogP contribution is -2.45. The monoisotopic (exact) mass is 374 g/mol. The highest BCUT2D eigenvalue weighted by molar-refractivity contribution is 6.30. The number of carbonyl (C=O) groups excluding carboxylic acids is 1. The number of hydrogen-bond donors (Lipinski definition) is 2. The first-order valence-corrected chi connectivity index (χ1v) is 9.10. The second kappa shape index (κ2) is 8.92. The average molecular weight is 375 g/mol. The molecule has 0 aliphatic carbocycles. The van der Waals surface area contributed by atoms with Crippen LogP contribution in [0.25, 0.3) is 0 Å². The topological polar surface area (TPSA) is 59.6 Å². The summed E-state index contributed by atoms with van der Waals surface area (Å²) in [7, 11) is 1.57. The number of methoxy groups -OCH3 is 1. The van der Waals surface area contributed by atoms with Gasteiger partial charge in [0.05, 0.1) is 7.11 Å². The summed E-state index contributed by atoms with van der Waals surface area (Å²) >= 11 is 5.89. The van der Waals surface area contributed by atoms with Gasteiger partial charge in [-0.05, 0) is 55.3 Å². The van der Waals surface area contributed by atoms with Crippen LogP contribution >= 0.6 is 11.6 Å². The zero-order valence-electron chi connectivity index (χ0n) is 14.8. The predicted molar refractivity (Wildman–Crippen MR) is 102 cm³/mol. The van der Waals surface area contributed by atoms with Crippen molar-refractivity contribution in [2.24, 2.45) is 0 Å². The predicted octanol–water partition coefficient (Wildman–Crippen LogP) is 3.41. The fourth-order valence-electron chi connectivity index (χ4n) is 2.91. The van der Waals surface area contributed by atoms with Crippen LogP contribution in [-0.2, 0) is 6.61 Å². The summed E-state index contributed by atoms with van der Waals surface area (Å²) in [5.41, 5.74) is 1.56. The van der Waals surface area contributed by atoms with E-state index < -0.39 is 0 Å². The Bertz CT molecular complexity index is 743. The van der Waals surface area contributed by atoms with Gasteiger partial charge in [0, 0.05) is 23.2 Å². The van der Waals surface area contributed by atoms with Crippen molar-refractivity contribution in [3.8, 4) is 11.5 Å². The third kappa shape index (κ3) is 4.90. The largest absolute Gasteiger partial charge is 0.493 e. The number of hydrogen-bond acceptors (Lipinski definition) is 4. The number of piperidine rings is 1. The molecule has 1 aliphatic rings. The van der Waals surface area contributed by atoms with E-state index in [1.807, 2.05) is 24.3 Å². The van der Waals surface area contributed by atoms with Gasteiger partial charge in [0.2, 0.25) is 0 Å². The molecule has 0 aromatic heterocycles. The van der Waals surface area contributed by atoms with Crippen LogP contribution in [0, 0.1) is 0 Å². The van der Waals surface area contributed by atoms with Crippen LogP contribution in [0.3, 0.4) is 0 Å². The van der Waals surface area contributed by atoms with Crippen molar-refractivity contribution in [3.63, 3.8) is 0 Å². The quantitative estimate of drug-likeness (QED) is 0.813. The fraction of sp³-hybridized carbons (Fsp3) is 0.350. The van der Waals surface area contributed by atoms with Crippen LogP contribution in [0.4, 0.5) is 0 Å². The Morgan fingerprint density at radius 3 is 2.73 bits per heavy atom. The normalized spacial score (nSPS) is 16.8. The summed E-state index contributed by atoms with van der Waals surface area (Å²) in [6.07, 6.45) is 2.07. The number of rotatable bonds is 6. The molecule has 1 amide bonds. The van der Waals surface area contributed by atoms with Crippen molar-refractivity contribution in [3.05, 3.63) is 58.6 Å². The fourth-order valence-corrected chi connectivity index (χ4v) is 3.04. The highest BCUT2D eigenvalue weighted by Gasteiger charge is 2.17. The maximum absolute atomic E-state index is 12.5. The molecule has 1 aliphatic heterocycles. The third-order valence-corrected chi connectivity index (χ3v) is 4.62. The molecule has 6 heteroatoms. The number of carbonyl (C=O) groups is 1. The van der Waals surface area contributed by atoms with E-state index in [-0.39, 0.29) is 11.9 Å². The standard InChI is InChI=1S/C20H23ClN2O3/c1-25-19-11-15(20(24)23-17-3-2-10-22-12-17)6-9-18(19)26-13-14-4-7-16(21)8-5-14/h4-9,11,17,22H,2-3,10,12-13H2,1H3,(H,23,24). The molecule has 2 N–H and O–H groups in total. The van der Waals surface area contributed by atoms with Crippen molar-refractivity contribution in [2.45, 2.75) is 25.5 Å².